The van der Waals surface area contributed by atoms with Crippen LogP contribution in [0.3, 0.4) is 0 Å². The van der Waals surface area contributed by atoms with Crippen molar-refractivity contribution in [1.29, 1.82) is 5.26 Å². The maximum Gasteiger partial charge on any atom is 0.434 e. The molecule has 3 rings (SSSR count). The highest BCUT2D eigenvalue weighted by molar-refractivity contribution is 5.85. The number of alkyl halides is 3. The second-order valence-electron chi connectivity index (χ2n) is 7.09. The first kappa shape index (κ1) is 18.7. The monoisotopic (exact) mass is 370 g/mol. The lowest BCUT2D eigenvalue weighted by molar-refractivity contribution is -0.143. The van der Waals surface area contributed by atoms with Gasteiger partial charge in [-0.2, -0.15) is 18.4 Å². The number of carbonyl (C=O) groups excluding carboxylic acids is 1. The van der Waals surface area contributed by atoms with E-state index in [1.807, 2.05) is 0 Å². The van der Waals surface area contributed by atoms with Gasteiger partial charge in [-0.05, 0) is 25.2 Å². The zero-order chi connectivity index (χ0) is 18.9. The Morgan fingerprint density at radius 3 is 2.81 bits per heavy atom. The minimum absolute atomic E-state index is 0.0299. The summed E-state index contributed by atoms with van der Waals surface area (Å²) in [5.74, 6) is 0.235. The third-order valence-corrected chi connectivity index (χ3v) is 5.23. The minimum Gasteiger partial charge on any atom is -0.381 e. The van der Waals surface area contributed by atoms with E-state index in [-0.39, 0.29) is 11.8 Å². The Labute approximate surface area is 149 Å². The molecule has 0 aromatic carbocycles. The first-order valence-electron chi connectivity index (χ1n) is 8.63. The lowest BCUT2D eigenvalue weighted by atomic mass is 9.80. The standard InChI is InChI=1S/C17H21F3N4O2/c1-23(15(25)16(11-21)4-6-26-7-5-16)8-12-2-3-14-22-13(17(18,19)20)10-24(14)9-12/h10,12H,2-9H2,1H3. The maximum atomic E-state index is 12.8. The van der Waals surface area contributed by atoms with Gasteiger partial charge in [-0.15, -0.1) is 0 Å². The van der Waals surface area contributed by atoms with Gasteiger partial charge < -0.3 is 14.2 Å². The molecule has 0 bridgehead atoms. The molecule has 0 saturated carbocycles. The number of hydrogen-bond acceptors (Lipinski definition) is 4. The van der Waals surface area contributed by atoms with Crippen LogP contribution in [-0.4, -0.2) is 47.2 Å². The highest BCUT2D eigenvalue weighted by atomic mass is 19.4. The summed E-state index contributed by atoms with van der Waals surface area (Å²) < 4.78 is 45.2. The Balaban J connectivity index is 1.65. The van der Waals surface area contributed by atoms with Gasteiger partial charge in [0.25, 0.3) is 0 Å². The molecular weight excluding hydrogens is 349 g/mol. The molecule has 0 aliphatic carbocycles. The summed E-state index contributed by atoms with van der Waals surface area (Å²) in [6.07, 6.45) is -1.56. The van der Waals surface area contributed by atoms with Crippen molar-refractivity contribution in [3.05, 3.63) is 17.7 Å². The molecule has 26 heavy (non-hydrogen) atoms. The topological polar surface area (TPSA) is 71.2 Å². The van der Waals surface area contributed by atoms with E-state index in [1.54, 1.807) is 11.9 Å². The normalized spacial score (nSPS) is 22.3. The number of imidazole rings is 1. The third-order valence-electron chi connectivity index (χ3n) is 5.23. The lowest BCUT2D eigenvalue weighted by Crippen LogP contribution is -2.46. The molecule has 6 nitrogen and oxygen atoms in total. The molecule has 9 heteroatoms. The third kappa shape index (κ3) is 3.56. The number of carbonyl (C=O) groups is 1. The first-order valence-corrected chi connectivity index (χ1v) is 8.63. The Hall–Kier alpha value is -2.08. The quantitative estimate of drug-likeness (QED) is 0.818. The van der Waals surface area contributed by atoms with Crippen LogP contribution in [0.4, 0.5) is 13.2 Å². The summed E-state index contributed by atoms with van der Waals surface area (Å²) >= 11 is 0. The van der Waals surface area contributed by atoms with Crippen LogP contribution in [0.25, 0.3) is 0 Å². The zero-order valence-electron chi connectivity index (χ0n) is 14.6. The van der Waals surface area contributed by atoms with Crippen molar-refractivity contribution in [3.63, 3.8) is 0 Å². The molecule has 1 aromatic rings. The number of aromatic nitrogens is 2. The molecule has 1 fully saturated rings. The molecule has 1 unspecified atom stereocenters. The number of aryl methyl sites for hydroxylation is 1. The van der Waals surface area contributed by atoms with Gasteiger partial charge in [0.1, 0.15) is 11.2 Å². The van der Waals surface area contributed by atoms with Crippen molar-refractivity contribution in [2.45, 2.75) is 38.4 Å². The van der Waals surface area contributed by atoms with Crippen LogP contribution in [0, 0.1) is 22.7 Å². The van der Waals surface area contributed by atoms with E-state index in [9.17, 15) is 23.2 Å². The fourth-order valence-corrected chi connectivity index (χ4v) is 3.73. The number of halogens is 3. The van der Waals surface area contributed by atoms with E-state index in [0.717, 1.165) is 6.20 Å². The summed E-state index contributed by atoms with van der Waals surface area (Å²) in [4.78, 5) is 18.0. The molecule has 3 heterocycles. The van der Waals surface area contributed by atoms with Crippen molar-refractivity contribution in [2.24, 2.45) is 11.3 Å². The fraction of sp³-hybridized carbons (Fsp3) is 0.706. The van der Waals surface area contributed by atoms with Crippen LogP contribution >= 0.6 is 0 Å². The van der Waals surface area contributed by atoms with E-state index in [2.05, 4.69) is 11.1 Å². The summed E-state index contributed by atoms with van der Waals surface area (Å²) in [5, 5.41) is 9.50. The van der Waals surface area contributed by atoms with Crippen molar-refractivity contribution in [2.75, 3.05) is 26.8 Å². The van der Waals surface area contributed by atoms with Crippen molar-refractivity contribution in [3.8, 4) is 6.07 Å². The average molecular weight is 370 g/mol. The van der Waals surface area contributed by atoms with Gasteiger partial charge in [0.2, 0.25) is 5.91 Å². The van der Waals surface area contributed by atoms with Gasteiger partial charge in [-0.25, -0.2) is 4.98 Å². The van der Waals surface area contributed by atoms with Crippen LogP contribution in [0.2, 0.25) is 0 Å². The molecule has 0 radical (unpaired) electrons. The van der Waals surface area contributed by atoms with Gasteiger partial charge in [-0.1, -0.05) is 0 Å². The smallest absolute Gasteiger partial charge is 0.381 e. The molecule has 0 spiro atoms. The lowest BCUT2D eigenvalue weighted by Gasteiger charge is -2.35. The fourth-order valence-electron chi connectivity index (χ4n) is 3.73. The largest absolute Gasteiger partial charge is 0.434 e. The Kier molecular flexibility index (Phi) is 4.97. The predicted octanol–water partition coefficient (Wildman–Crippen LogP) is 2.24. The average Bonchev–Trinajstić information content (AvgIpc) is 3.05. The first-order chi connectivity index (χ1) is 12.2. The summed E-state index contributed by atoms with van der Waals surface area (Å²) in [7, 11) is 1.65. The summed E-state index contributed by atoms with van der Waals surface area (Å²) in [6, 6.07) is 2.16. The summed E-state index contributed by atoms with van der Waals surface area (Å²) in [6.45, 7) is 1.56. The maximum absolute atomic E-state index is 12.8. The van der Waals surface area contributed by atoms with Crippen molar-refractivity contribution >= 4 is 5.91 Å². The number of nitriles is 1. The van der Waals surface area contributed by atoms with E-state index >= 15 is 0 Å². The molecule has 142 valence electrons. The number of rotatable bonds is 3. The number of amides is 1. The van der Waals surface area contributed by atoms with E-state index < -0.39 is 17.3 Å². The van der Waals surface area contributed by atoms with Gasteiger partial charge in [0, 0.05) is 46.0 Å². The Morgan fingerprint density at radius 1 is 1.50 bits per heavy atom. The molecular formula is C17H21F3N4O2. The summed E-state index contributed by atoms with van der Waals surface area (Å²) in [5.41, 5.74) is -1.92. The predicted molar refractivity (Wildman–Crippen MR) is 84.8 cm³/mol. The van der Waals surface area contributed by atoms with Crippen LogP contribution in [-0.2, 0) is 28.7 Å². The SMILES string of the molecule is CN(CC1CCc2nc(C(F)(F)F)cn2C1)C(=O)C1(C#N)CCOCC1. The molecule has 1 aromatic heterocycles. The van der Waals surface area contributed by atoms with Crippen LogP contribution in [0.1, 0.15) is 30.8 Å². The molecule has 1 atom stereocenters. The Morgan fingerprint density at radius 2 is 2.19 bits per heavy atom. The highest BCUT2D eigenvalue weighted by Gasteiger charge is 2.43. The van der Waals surface area contributed by atoms with Crippen molar-refractivity contribution < 1.29 is 22.7 Å². The van der Waals surface area contributed by atoms with E-state index in [0.29, 0.717) is 57.8 Å². The van der Waals surface area contributed by atoms with Gasteiger partial charge in [0.15, 0.2) is 5.69 Å². The second kappa shape index (κ2) is 6.91. The van der Waals surface area contributed by atoms with Crippen LogP contribution in [0.5, 0.6) is 0 Å². The number of ether oxygens (including phenoxy) is 1. The molecule has 2 aliphatic rings. The zero-order valence-corrected chi connectivity index (χ0v) is 14.6. The number of hydrogen-bond donors (Lipinski definition) is 0. The van der Waals surface area contributed by atoms with Crippen LogP contribution in [0.15, 0.2) is 6.20 Å². The molecule has 2 aliphatic heterocycles. The van der Waals surface area contributed by atoms with E-state index in [1.165, 1.54) is 4.57 Å². The number of fused-ring (bicyclic) bond motifs is 1. The van der Waals surface area contributed by atoms with Gasteiger partial charge in [0.05, 0.1) is 6.07 Å². The van der Waals surface area contributed by atoms with Gasteiger partial charge in [-0.3, -0.25) is 4.79 Å². The van der Waals surface area contributed by atoms with E-state index in [4.69, 9.17) is 4.74 Å². The molecule has 1 saturated heterocycles. The highest BCUT2D eigenvalue weighted by Crippen LogP contribution is 2.33. The Bertz CT molecular complexity index is 717. The molecule has 1 amide bonds. The van der Waals surface area contributed by atoms with Crippen LogP contribution < -0.4 is 0 Å². The number of nitrogens with zero attached hydrogens (tertiary/aromatic N) is 4. The minimum atomic E-state index is -4.45. The van der Waals surface area contributed by atoms with Gasteiger partial charge >= 0.3 is 6.18 Å². The van der Waals surface area contributed by atoms with Crippen molar-refractivity contribution in [1.82, 2.24) is 14.5 Å². The molecule has 0 N–H and O–H groups in total. The second-order valence-corrected chi connectivity index (χ2v) is 7.09.